The molecule has 0 saturated heterocycles. The van der Waals surface area contributed by atoms with Gasteiger partial charge in [0.05, 0.1) is 6.20 Å². The average Bonchev–Trinajstić information content (AvgIpc) is 2.12. The molecule has 0 saturated carbocycles. The summed E-state index contributed by atoms with van der Waals surface area (Å²) < 4.78 is 4.31. The van der Waals surface area contributed by atoms with Crippen LogP contribution in [0.2, 0.25) is 0 Å². The van der Waals surface area contributed by atoms with Gasteiger partial charge in [-0.15, -0.1) is 0 Å². The van der Waals surface area contributed by atoms with Crippen LogP contribution in [0.25, 0.3) is 0 Å². The molecule has 0 radical (unpaired) electrons. The Kier molecular flexibility index (Phi) is 4.52. The van der Waals surface area contributed by atoms with Crippen molar-refractivity contribution in [1.29, 1.82) is 0 Å². The fourth-order valence-electron chi connectivity index (χ4n) is 0.341. The summed E-state index contributed by atoms with van der Waals surface area (Å²) in [5.41, 5.74) is 0.269. The van der Waals surface area contributed by atoms with Crippen molar-refractivity contribution in [2.75, 3.05) is 0 Å². The number of hydrogen-bond acceptors (Lipinski definition) is 4. The van der Waals surface area contributed by atoms with Crippen molar-refractivity contribution in [3.63, 3.8) is 0 Å². The van der Waals surface area contributed by atoms with E-state index in [1.165, 1.54) is 12.5 Å². The predicted molar refractivity (Wildman–Crippen MR) is 26.3 cm³/mol. The molecule has 0 bridgehead atoms. The quantitative estimate of drug-likeness (QED) is 0.474. The number of nitrogens with zero attached hydrogens (tertiary/aromatic N) is 1. The summed E-state index contributed by atoms with van der Waals surface area (Å²) in [4.78, 5) is 0. The molecule has 0 aliphatic rings. The Morgan fingerprint density at radius 3 is 2.44 bits per heavy atom. The molecule has 1 aromatic heterocycles. The summed E-state index contributed by atoms with van der Waals surface area (Å²) in [6.07, 6.45) is 2.41. The first-order valence-corrected chi connectivity index (χ1v) is 2.06. The third kappa shape index (κ3) is 2.68. The van der Waals surface area contributed by atoms with Crippen LogP contribution in [0.5, 0.6) is 0 Å². The molecular weight excluding hydrogens is 149 g/mol. The minimum atomic E-state index is -1.47. The van der Waals surface area contributed by atoms with Crippen molar-refractivity contribution >= 4 is 12.6 Å². The van der Waals surface area contributed by atoms with Crippen LogP contribution in [0, 0.1) is 37.7 Å². The van der Waals surface area contributed by atoms with Crippen LogP contribution >= 0.6 is 0 Å². The molecule has 1 heterocycles. The van der Waals surface area contributed by atoms with Crippen molar-refractivity contribution in [3.8, 4) is 0 Å². The molecule has 0 fully saturated rings. The number of hydrogen-bond donors (Lipinski definition) is 2. The first kappa shape index (κ1) is 9.45. The van der Waals surface area contributed by atoms with E-state index in [1.807, 2.05) is 0 Å². The van der Waals surface area contributed by atoms with Gasteiger partial charge in [-0.1, -0.05) is 5.16 Å². The van der Waals surface area contributed by atoms with Gasteiger partial charge < -0.3 is 14.6 Å². The SMILES string of the molecule is OB(O)c1cnoc1.[Ar]. The summed E-state index contributed by atoms with van der Waals surface area (Å²) >= 11 is 0. The molecule has 6 heteroatoms. The second kappa shape index (κ2) is 4.30. The van der Waals surface area contributed by atoms with Crippen LogP contribution < -0.4 is 5.46 Å². The van der Waals surface area contributed by atoms with Gasteiger partial charge in [0.1, 0.15) is 6.26 Å². The van der Waals surface area contributed by atoms with Crippen LogP contribution in [0.4, 0.5) is 0 Å². The van der Waals surface area contributed by atoms with E-state index < -0.39 is 7.12 Å². The van der Waals surface area contributed by atoms with E-state index in [2.05, 4.69) is 9.68 Å². The molecule has 1 rings (SSSR count). The van der Waals surface area contributed by atoms with Gasteiger partial charge in [-0.2, -0.15) is 0 Å². The number of rotatable bonds is 1. The van der Waals surface area contributed by atoms with Gasteiger partial charge >= 0.3 is 7.12 Å². The monoisotopic (exact) mass is 153 g/mol. The first-order chi connectivity index (χ1) is 3.80. The van der Waals surface area contributed by atoms with E-state index >= 15 is 0 Å². The minimum Gasteiger partial charge on any atom is -0.423 e. The Bertz CT molecular complexity index is 154. The third-order valence-corrected chi connectivity index (χ3v) is 0.750. The maximum atomic E-state index is 8.37. The Balaban J connectivity index is 0.000000640. The largest absolute Gasteiger partial charge is 0.493 e. The van der Waals surface area contributed by atoms with Gasteiger partial charge in [-0.25, -0.2) is 0 Å². The summed E-state index contributed by atoms with van der Waals surface area (Å²) in [6.45, 7) is 0. The zero-order chi connectivity index (χ0) is 5.98. The van der Waals surface area contributed by atoms with Crippen molar-refractivity contribution < 1.29 is 52.3 Å². The second-order valence-corrected chi connectivity index (χ2v) is 1.33. The van der Waals surface area contributed by atoms with Crippen LogP contribution in [0.15, 0.2) is 17.0 Å². The van der Waals surface area contributed by atoms with Gasteiger partial charge in [-0.3, -0.25) is 0 Å². The molecular formula is C3H4ArBNO3. The molecule has 1 aromatic rings. The van der Waals surface area contributed by atoms with Gasteiger partial charge in [0, 0.05) is 43.2 Å². The standard InChI is InChI=1S/C3H4BNO3.Ar/c6-4(7)3-1-5-8-2-3;/h1-2,6-7H;. The zero-order valence-electron chi connectivity index (χ0n) is 4.34. The molecule has 0 spiro atoms. The van der Waals surface area contributed by atoms with E-state index in [9.17, 15) is 0 Å². The molecule has 2 N–H and O–H groups in total. The van der Waals surface area contributed by atoms with Crippen molar-refractivity contribution in [2.24, 2.45) is 0 Å². The first-order valence-electron chi connectivity index (χ1n) is 2.06. The maximum absolute atomic E-state index is 8.37. The average molecular weight is 153 g/mol. The van der Waals surface area contributed by atoms with E-state index in [0.29, 0.717) is 0 Å². The van der Waals surface area contributed by atoms with Crippen LogP contribution in [-0.2, 0) is 0 Å². The Labute approximate surface area is 82.0 Å². The Hall–Kier alpha value is 0.455. The topological polar surface area (TPSA) is 66.5 Å². The molecule has 0 aromatic carbocycles. The van der Waals surface area contributed by atoms with Gasteiger partial charge in [0.2, 0.25) is 0 Å². The second-order valence-electron chi connectivity index (χ2n) is 1.33. The zero-order valence-corrected chi connectivity index (χ0v) is 5.04. The molecule has 0 aliphatic heterocycles. The van der Waals surface area contributed by atoms with Gasteiger partial charge in [-0.05, 0) is 0 Å². The molecule has 0 aliphatic carbocycles. The summed E-state index contributed by atoms with van der Waals surface area (Å²) in [5, 5.41) is 20.0. The van der Waals surface area contributed by atoms with E-state index in [4.69, 9.17) is 10.0 Å². The molecule has 9 heavy (non-hydrogen) atoms. The summed E-state index contributed by atoms with van der Waals surface area (Å²) in [5.74, 6) is 0. The van der Waals surface area contributed by atoms with E-state index in [0.717, 1.165) is 0 Å². The summed E-state index contributed by atoms with van der Waals surface area (Å²) in [7, 11) is -1.47. The molecule has 0 unspecified atom stereocenters. The molecule has 50 valence electrons. The smallest absolute Gasteiger partial charge is 0.423 e. The van der Waals surface area contributed by atoms with Crippen LogP contribution in [0.3, 0.4) is 0 Å². The Morgan fingerprint density at radius 1 is 1.56 bits per heavy atom. The fourth-order valence-corrected chi connectivity index (χ4v) is 0.341. The maximum Gasteiger partial charge on any atom is 0.493 e. The van der Waals surface area contributed by atoms with Crippen LogP contribution in [0.1, 0.15) is 0 Å². The van der Waals surface area contributed by atoms with Crippen molar-refractivity contribution in [1.82, 2.24) is 5.16 Å². The molecule has 0 atom stereocenters. The molecule has 4 nitrogen and oxygen atoms in total. The number of aromatic nitrogens is 1. The summed E-state index contributed by atoms with van der Waals surface area (Å²) in [6, 6.07) is 0. The van der Waals surface area contributed by atoms with Crippen LogP contribution in [-0.4, -0.2) is 22.3 Å². The van der Waals surface area contributed by atoms with Gasteiger partial charge in [0.25, 0.3) is 0 Å². The van der Waals surface area contributed by atoms with E-state index in [-0.39, 0.29) is 43.2 Å². The third-order valence-electron chi connectivity index (χ3n) is 0.750. The fraction of sp³-hybridized carbons (Fsp3) is 0. The predicted octanol–water partition coefficient (Wildman–Crippen LogP) is -1.65. The molecule has 0 amide bonds. The van der Waals surface area contributed by atoms with Gasteiger partial charge in [0.15, 0.2) is 0 Å². The van der Waals surface area contributed by atoms with Crippen molar-refractivity contribution in [2.45, 2.75) is 0 Å². The van der Waals surface area contributed by atoms with E-state index in [1.54, 1.807) is 0 Å². The minimum absolute atomic E-state index is 0. The normalized spacial score (nSPS) is 8.22. The van der Waals surface area contributed by atoms with Crippen molar-refractivity contribution in [3.05, 3.63) is 12.5 Å². The Morgan fingerprint density at radius 2 is 2.22 bits per heavy atom.